The Labute approximate surface area is 144 Å². The number of benzene rings is 1. The van der Waals surface area contributed by atoms with Crippen molar-refractivity contribution in [2.45, 2.75) is 0 Å². The van der Waals surface area contributed by atoms with Crippen LogP contribution in [0.25, 0.3) is 6.08 Å². The monoisotopic (exact) mass is 363 g/mol. The zero-order valence-electron chi connectivity index (χ0n) is 11.4. The first kappa shape index (κ1) is 15.7. The molecule has 1 saturated heterocycles. The summed E-state index contributed by atoms with van der Waals surface area (Å²) in [5.41, 5.74) is 0.109. The van der Waals surface area contributed by atoms with Crippen LogP contribution < -0.4 is 4.90 Å². The molecule has 1 aromatic carbocycles. The molecule has 1 aliphatic heterocycles. The van der Waals surface area contributed by atoms with Gasteiger partial charge in [0.25, 0.3) is 5.91 Å². The summed E-state index contributed by atoms with van der Waals surface area (Å²) in [5, 5.41) is 20.6. The van der Waals surface area contributed by atoms with E-state index >= 15 is 0 Å². The number of hydrogen-bond donors (Lipinski definition) is 2. The molecule has 0 radical (unpaired) electrons. The van der Waals surface area contributed by atoms with Gasteiger partial charge in [-0.2, -0.15) is 0 Å². The van der Waals surface area contributed by atoms with Gasteiger partial charge in [0, 0.05) is 10.9 Å². The van der Waals surface area contributed by atoms with Gasteiger partial charge in [-0.3, -0.25) is 9.69 Å². The number of hydrogen-bond acceptors (Lipinski definition) is 6. The van der Waals surface area contributed by atoms with Gasteiger partial charge in [0.05, 0.1) is 10.6 Å². The van der Waals surface area contributed by atoms with Gasteiger partial charge in [0.15, 0.2) is 4.32 Å². The molecule has 1 amide bonds. The lowest BCUT2D eigenvalue weighted by Crippen LogP contribution is -2.27. The highest BCUT2D eigenvalue weighted by molar-refractivity contribution is 8.27. The van der Waals surface area contributed by atoms with Crippen molar-refractivity contribution in [2.24, 2.45) is 0 Å². The van der Waals surface area contributed by atoms with Gasteiger partial charge in [0.2, 0.25) is 0 Å². The Hall–Kier alpha value is -2.16. The zero-order valence-corrected chi connectivity index (χ0v) is 13.9. The van der Waals surface area contributed by atoms with Crippen molar-refractivity contribution in [3.8, 4) is 5.75 Å². The van der Waals surface area contributed by atoms with Gasteiger partial charge < -0.3 is 10.2 Å². The van der Waals surface area contributed by atoms with Crippen LogP contribution in [0.15, 0.2) is 40.6 Å². The van der Waals surface area contributed by atoms with Crippen molar-refractivity contribution in [1.82, 2.24) is 0 Å². The van der Waals surface area contributed by atoms with Gasteiger partial charge in [-0.15, -0.1) is 11.3 Å². The maximum atomic E-state index is 12.5. The molecule has 0 atom stereocenters. The minimum absolute atomic E-state index is 0.228. The van der Waals surface area contributed by atoms with Crippen molar-refractivity contribution in [2.75, 3.05) is 4.90 Å². The second-order valence-corrected chi connectivity index (χ2v) is 7.19. The highest BCUT2D eigenvalue weighted by Gasteiger charge is 2.33. The Morgan fingerprint density at radius 3 is 2.70 bits per heavy atom. The number of carbonyl (C=O) groups is 2. The lowest BCUT2D eigenvalue weighted by Gasteiger charge is -2.15. The molecule has 0 unspecified atom stereocenters. The number of amides is 1. The first-order chi connectivity index (χ1) is 11.0. The fourth-order valence-electron chi connectivity index (χ4n) is 2.03. The van der Waals surface area contributed by atoms with Crippen molar-refractivity contribution < 1.29 is 19.8 Å². The maximum Gasteiger partial charge on any atom is 0.339 e. The molecular formula is C15H9NO4S3. The van der Waals surface area contributed by atoms with Gasteiger partial charge in [0.1, 0.15) is 11.3 Å². The second kappa shape index (κ2) is 6.15. The van der Waals surface area contributed by atoms with Crippen LogP contribution in [0.4, 0.5) is 5.69 Å². The average Bonchev–Trinajstić information content (AvgIpc) is 3.08. The van der Waals surface area contributed by atoms with E-state index in [-0.39, 0.29) is 11.5 Å². The van der Waals surface area contributed by atoms with Gasteiger partial charge in [-0.05, 0) is 29.7 Å². The molecule has 0 spiro atoms. The van der Waals surface area contributed by atoms with Crippen LogP contribution in [-0.4, -0.2) is 26.4 Å². The molecule has 2 aromatic rings. The minimum atomic E-state index is -1.24. The summed E-state index contributed by atoms with van der Waals surface area (Å²) in [4.78, 5) is 26.2. The second-order valence-electron chi connectivity index (χ2n) is 4.54. The molecule has 2 heterocycles. The van der Waals surface area contributed by atoms with Crippen molar-refractivity contribution in [3.05, 3.63) is 51.1 Å². The molecule has 116 valence electrons. The van der Waals surface area contributed by atoms with E-state index < -0.39 is 11.7 Å². The van der Waals surface area contributed by atoms with Crippen LogP contribution in [0.5, 0.6) is 5.75 Å². The van der Waals surface area contributed by atoms with E-state index in [0.717, 1.165) is 4.88 Å². The SMILES string of the molecule is O=C(O)c1ccc(N2C(=O)/C(=C\c3cccs3)SC2=S)cc1O. The Bertz CT molecular complexity index is 842. The molecule has 5 nitrogen and oxygen atoms in total. The number of carbonyl (C=O) groups excluding carboxylic acids is 1. The largest absolute Gasteiger partial charge is 0.507 e. The number of rotatable bonds is 3. The molecule has 1 aliphatic rings. The smallest absolute Gasteiger partial charge is 0.339 e. The number of phenols is 1. The van der Waals surface area contributed by atoms with Crippen LogP contribution in [0, 0.1) is 0 Å². The lowest BCUT2D eigenvalue weighted by atomic mass is 10.1. The van der Waals surface area contributed by atoms with Crippen LogP contribution >= 0.6 is 35.3 Å². The first-order valence-electron chi connectivity index (χ1n) is 6.35. The van der Waals surface area contributed by atoms with Gasteiger partial charge in [-0.25, -0.2) is 4.79 Å². The summed E-state index contributed by atoms with van der Waals surface area (Å²) >= 11 is 7.91. The van der Waals surface area contributed by atoms with E-state index in [1.165, 1.54) is 46.2 Å². The Kier molecular flexibility index (Phi) is 4.20. The van der Waals surface area contributed by atoms with Gasteiger partial charge in [-0.1, -0.05) is 30.0 Å². The number of anilines is 1. The van der Waals surface area contributed by atoms with Crippen LogP contribution in [-0.2, 0) is 4.79 Å². The number of carboxylic acid groups (broad SMARTS) is 1. The molecule has 8 heteroatoms. The molecular weight excluding hydrogens is 354 g/mol. The van der Waals surface area contributed by atoms with E-state index in [1.807, 2.05) is 17.5 Å². The number of nitrogens with zero attached hydrogens (tertiary/aromatic N) is 1. The Balaban J connectivity index is 1.95. The molecule has 1 fully saturated rings. The number of thiocarbonyl (C=S) groups is 1. The summed E-state index contributed by atoms with van der Waals surface area (Å²) < 4.78 is 0.334. The molecule has 0 aliphatic carbocycles. The highest BCUT2D eigenvalue weighted by Crippen LogP contribution is 2.37. The highest BCUT2D eigenvalue weighted by atomic mass is 32.2. The summed E-state index contributed by atoms with van der Waals surface area (Å²) in [6.07, 6.45) is 1.76. The molecule has 1 aromatic heterocycles. The summed E-state index contributed by atoms with van der Waals surface area (Å²) in [5.74, 6) is -1.95. The van der Waals surface area contributed by atoms with E-state index in [2.05, 4.69) is 0 Å². The molecule has 3 rings (SSSR count). The van der Waals surface area contributed by atoms with E-state index in [4.69, 9.17) is 17.3 Å². The maximum absolute atomic E-state index is 12.5. The zero-order chi connectivity index (χ0) is 16.6. The Morgan fingerprint density at radius 1 is 1.30 bits per heavy atom. The summed E-state index contributed by atoms with van der Waals surface area (Å²) in [7, 11) is 0. The van der Waals surface area contributed by atoms with Crippen molar-refractivity contribution >= 4 is 63.3 Å². The third-order valence-electron chi connectivity index (χ3n) is 3.08. The van der Waals surface area contributed by atoms with E-state index in [0.29, 0.717) is 14.9 Å². The fraction of sp³-hybridized carbons (Fsp3) is 0. The number of aromatic carboxylic acids is 1. The first-order valence-corrected chi connectivity index (χ1v) is 8.45. The molecule has 0 saturated carbocycles. The third-order valence-corrected chi connectivity index (χ3v) is 5.20. The quantitative estimate of drug-likeness (QED) is 0.641. The molecule has 2 N–H and O–H groups in total. The third kappa shape index (κ3) is 3.00. The summed E-state index contributed by atoms with van der Waals surface area (Å²) in [6.45, 7) is 0. The molecule has 23 heavy (non-hydrogen) atoms. The van der Waals surface area contributed by atoms with Crippen LogP contribution in [0.1, 0.15) is 15.2 Å². The predicted molar refractivity (Wildman–Crippen MR) is 95.0 cm³/mol. The molecule has 0 bridgehead atoms. The van der Waals surface area contributed by atoms with Crippen molar-refractivity contribution in [3.63, 3.8) is 0 Å². The van der Waals surface area contributed by atoms with Crippen LogP contribution in [0.2, 0.25) is 0 Å². The summed E-state index contributed by atoms with van der Waals surface area (Å²) in [6, 6.07) is 7.70. The number of thioether (sulfide) groups is 1. The number of carboxylic acids is 1. The minimum Gasteiger partial charge on any atom is -0.507 e. The normalized spacial score (nSPS) is 16.3. The standard InChI is InChI=1S/C15H9NO4S3/c17-11-6-8(3-4-10(11)14(19)20)16-13(18)12(23-15(16)21)7-9-2-1-5-22-9/h1-7,17H,(H,19,20)/b12-7+. The van der Waals surface area contributed by atoms with E-state index in [1.54, 1.807) is 6.08 Å². The average molecular weight is 363 g/mol. The van der Waals surface area contributed by atoms with Crippen LogP contribution in [0.3, 0.4) is 0 Å². The van der Waals surface area contributed by atoms with E-state index in [9.17, 15) is 14.7 Å². The Morgan fingerprint density at radius 2 is 2.09 bits per heavy atom. The predicted octanol–water partition coefficient (Wildman–Crippen LogP) is 3.56. The lowest BCUT2D eigenvalue weighted by molar-refractivity contribution is -0.113. The van der Waals surface area contributed by atoms with Gasteiger partial charge >= 0.3 is 5.97 Å². The van der Waals surface area contributed by atoms with Crippen molar-refractivity contribution in [1.29, 1.82) is 0 Å². The number of aromatic hydroxyl groups is 1. The topological polar surface area (TPSA) is 77.8 Å². The number of thiophene rings is 1. The fourth-order valence-corrected chi connectivity index (χ4v) is 4.05.